The summed E-state index contributed by atoms with van der Waals surface area (Å²) >= 11 is 0. The molecule has 0 saturated carbocycles. The summed E-state index contributed by atoms with van der Waals surface area (Å²) in [7, 11) is -3.02. The number of nitrogen functional groups attached to an aromatic ring is 1. The Balaban J connectivity index is 1.88. The number of anilines is 2. The molecule has 0 aliphatic carbocycles. The lowest BCUT2D eigenvalue weighted by atomic mass is 9.97. The van der Waals surface area contributed by atoms with Crippen molar-refractivity contribution in [2.24, 2.45) is 7.05 Å². The third-order valence-corrected chi connectivity index (χ3v) is 6.44. The van der Waals surface area contributed by atoms with E-state index in [1.54, 1.807) is 6.07 Å². The van der Waals surface area contributed by atoms with Crippen LogP contribution in [0.4, 0.5) is 29.2 Å². The molecule has 3 N–H and O–H groups in total. The van der Waals surface area contributed by atoms with E-state index in [0.29, 0.717) is 22.0 Å². The van der Waals surface area contributed by atoms with Crippen LogP contribution in [0.5, 0.6) is 0 Å². The van der Waals surface area contributed by atoms with Crippen LogP contribution < -0.4 is 16.0 Å². The predicted molar refractivity (Wildman–Crippen MR) is 120 cm³/mol. The quantitative estimate of drug-likeness (QED) is 0.409. The van der Waals surface area contributed by atoms with E-state index in [9.17, 15) is 30.8 Å². The first kappa shape index (κ1) is 23.4. The summed E-state index contributed by atoms with van der Waals surface area (Å²) in [6.45, 7) is 0. The lowest BCUT2D eigenvalue weighted by Crippen LogP contribution is -2.22. The second-order valence-electron chi connectivity index (χ2n) is 7.54. The van der Waals surface area contributed by atoms with Gasteiger partial charge in [-0.3, -0.25) is 14.1 Å². The number of sulfonamides is 1. The Bertz CT molecular complexity index is 1600. The first-order valence-corrected chi connectivity index (χ1v) is 11.4. The minimum atomic E-state index is -4.69. The van der Waals surface area contributed by atoms with Crippen molar-refractivity contribution in [1.82, 2.24) is 14.5 Å². The van der Waals surface area contributed by atoms with Gasteiger partial charge in [-0.05, 0) is 23.1 Å². The fourth-order valence-corrected chi connectivity index (χ4v) is 4.70. The number of hydrogen-bond acceptors (Lipinski definition) is 6. The summed E-state index contributed by atoms with van der Waals surface area (Å²) < 4.78 is 79.7. The van der Waals surface area contributed by atoms with Gasteiger partial charge in [-0.25, -0.2) is 17.8 Å². The highest BCUT2D eigenvalue weighted by Gasteiger charge is 2.30. The molecule has 2 heterocycles. The molecule has 4 aromatic rings. The van der Waals surface area contributed by atoms with Crippen LogP contribution in [0.15, 0.2) is 47.4 Å². The third-order valence-electron chi connectivity index (χ3n) is 5.18. The molecule has 0 fully saturated rings. The maximum Gasteiger partial charge on any atom is 0.390 e. The number of nitrogens with two attached hydrogens (primary N) is 1. The molecule has 2 aromatic carbocycles. The molecule has 34 heavy (non-hydrogen) atoms. The normalized spacial score (nSPS) is 12.4. The van der Waals surface area contributed by atoms with Gasteiger partial charge >= 0.3 is 6.18 Å². The summed E-state index contributed by atoms with van der Waals surface area (Å²) in [4.78, 5) is 21.0. The first-order valence-electron chi connectivity index (χ1n) is 9.77. The Morgan fingerprint density at radius 3 is 2.56 bits per heavy atom. The van der Waals surface area contributed by atoms with Crippen LogP contribution >= 0.6 is 0 Å². The lowest BCUT2D eigenvalue weighted by molar-refractivity contribution is -0.129. The van der Waals surface area contributed by atoms with Gasteiger partial charge < -0.3 is 5.73 Å². The van der Waals surface area contributed by atoms with Crippen molar-refractivity contribution in [3.05, 3.63) is 58.8 Å². The van der Waals surface area contributed by atoms with Crippen LogP contribution in [-0.4, -0.2) is 34.9 Å². The van der Waals surface area contributed by atoms with E-state index >= 15 is 0 Å². The smallest absolute Gasteiger partial charge is 0.368 e. The molecule has 0 bridgehead atoms. The molecule has 0 amide bonds. The molecule has 178 valence electrons. The molecule has 0 aliphatic heterocycles. The van der Waals surface area contributed by atoms with Gasteiger partial charge in [0.2, 0.25) is 16.0 Å². The van der Waals surface area contributed by atoms with E-state index in [1.165, 1.54) is 42.1 Å². The fourth-order valence-electron chi connectivity index (χ4n) is 3.58. The Morgan fingerprint density at radius 2 is 1.85 bits per heavy atom. The van der Waals surface area contributed by atoms with Crippen LogP contribution in [-0.2, 0) is 17.1 Å². The average molecular weight is 495 g/mol. The zero-order chi connectivity index (χ0) is 24.8. The number of halogens is 4. The molecule has 0 saturated heterocycles. The van der Waals surface area contributed by atoms with Gasteiger partial charge in [-0.2, -0.15) is 18.2 Å². The average Bonchev–Trinajstić information content (AvgIpc) is 2.76. The summed E-state index contributed by atoms with van der Waals surface area (Å²) in [5.41, 5.74) is 5.50. The van der Waals surface area contributed by atoms with Crippen molar-refractivity contribution >= 4 is 43.5 Å². The minimum Gasteiger partial charge on any atom is -0.368 e. The molecule has 0 unspecified atom stereocenters. The van der Waals surface area contributed by atoms with E-state index in [1.807, 2.05) is 4.72 Å². The van der Waals surface area contributed by atoms with Gasteiger partial charge in [0.15, 0.2) is 0 Å². The van der Waals surface area contributed by atoms with Crippen LogP contribution in [0.3, 0.4) is 0 Å². The zero-order valence-electron chi connectivity index (χ0n) is 17.5. The van der Waals surface area contributed by atoms with Crippen LogP contribution in [0, 0.1) is 5.82 Å². The van der Waals surface area contributed by atoms with Crippen molar-refractivity contribution < 1.29 is 26.0 Å². The zero-order valence-corrected chi connectivity index (χ0v) is 18.3. The van der Waals surface area contributed by atoms with Gasteiger partial charge in [-0.15, -0.1) is 0 Å². The second kappa shape index (κ2) is 8.24. The summed E-state index contributed by atoms with van der Waals surface area (Å²) in [6.07, 6.45) is -4.84. The standard InChI is InChI=1S/C21H17F4N5O3S/c1-30-18-11(10-27-20(26)28-18)9-15(19(30)31)12-3-2-4-14-13(12)5-6-16(22)17(14)29-34(32,33)8-7-21(23,24)25/h2-6,9-10,29H,7-8H2,1H3,(H2,26,27,28). The minimum absolute atomic E-state index is 0.0154. The number of rotatable bonds is 5. The number of fused-ring (bicyclic) bond motifs is 2. The van der Waals surface area contributed by atoms with Gasteiger partial charge in [0.1, 0.15) is 11.5 Å². The molecular weight excluding hydrogens is 478 g/mol. The Labute approximate surface area is 190 Å². The number of alkyl halides is 3. The SMILES string of the molecule is Cn1c(=O)c(-c2cccc3c(NS(=O)(=O)CCC(F)(F)F)c(F)ccc23)cc2cnc(N)nc21. The predicted octanol–water partition coefficient (Wildman–Crippen LogP) is 3.56. The van der Waals surface area contributed by atoms with Crippen LogP contribution in [0.25, 0.3) is 32.9 Å². The number of benzene rings is 2. The Hall–Kier alpha value is -3.74. The lowest BCUT2D eigenvalue weighted by Gasteiger charge is -2.15. The van der Waals surface area contributed by atoms with Crippen LogP contribution in [0.2, 0.25) is 0 Å². The van der Waals surface area contributed by atoms with E-state index in [2.05, 4.69) is 9.97 Å². The third kappa shape index (κ3) is 4.51. The number of pyridine rings is 1. The fraction of sp³-hybridized carbons (Fsp3) is 0.190. The molecule has 0 atom stereocenters. The molecular formula is C21H17F4N5O3S. The number of aryl methyl sites for hydroxylation is 1. The molecule has 8 nitrogen and oxygen atoms in total. The summed E-state index contributed by atoms with van der Waals surface area (Å²) in [5.74, 6) is -2.26. The van der Waals surface area contributed by atoms with E-state index in [0.717, 1.165) is 6.07 Å². The number of hydrogen-bond donors (Lipinski definition) is 2. The van der Waals surface area contributed by atoms with Gasteiger partial charge in [0.25, 0.3) is 5.56 Å². The van der Waals surface area contributed by atoms with E-state index in [-0.39, 0.29) is 16.9 Å². The summed E-state index contributed by atoms with van der Waals surface area (Å²) in [5, 5.41) is 0.882. The Morgan fingerprint density at radius 1 is 1.12 bits per heavy atom. The van der Waals surface area contributed by atoms with E-state index < -0.39 is 45.4 Å². The monoisotopic (exact) mass is 495 g/mol. The number of aromatic nitrogens is 3. The molecule has 0 spiro atoms. The number of nitrogens with zero attached hydrogens (tertiary/aromatic N) is 3. The maximum absolute atomic E-state index is 14.6. The highest BCUT2D eigenvalue weighted by molar-refractivity contribution is 7.92. The number of nitrogens with one attached hydrogen (secondary N) is 1. The van der Waals surface area contributed by atoms with Gasteiger partial charge in [-0.1, -0.05) is 24.3 Å². The largest absolute Gasteiger partial charge is 0.390 e. The molecule has 0 radical (unpaired) electrons. The van der Waals surface area contributed by atoms with Crippen molar-refractivity contribution in [2.75, 3.05) is 16.2 Å². The van der Waals surface area contributed by atoms with Crippen LogP contribution in [0.1, 0.15) is 6.42 Å². The highest BCUT2D eigenvalue weighted by Crippen LogP contribution is 2.34. The van der Waals surface area contributed by atoms with Gasteiger partial charge in [0.05, 0.1) is 17.9 Å². The topological polar surface area (TPSA) is 120 Å². The molecule has 0 aliphatic rings. The molecule has 13 heteroatoms. The molecule has 4 rings (SSSR count). The highest BCUT2D eigenvalue weighted by atomic mass is 32.2. The van der Waals surface area contributed by atoms with Crippen molar-refractivity contribution in [2.45, 2.75) is 12.6 Å². The second-order valence-corrected chi connectivity index (χ2v) is 9.38. The molecule has 2 aromatic heterocycles. The van der Waals surface area contributed by atoms with Crippen molar-refractivity contribution in [1.29, 1.82) is 0 Å². The summed E-state index contributed by atoms with van der Waals surface area (Å²) in [6, 6.07) is 8.33. The van der Waals surface area contributed by atoms with Crippen molar-refractivity contribution in [3.63, 3.8) is 0 Å². The first-order chi connectivity index (χ1) is 15.9. The van der Waals surface area contributed by atoms with E-state index in [4.69, 9.17) is 5.73 Å². The maximum atomic E-state index is 14.6. The Kier molecular flexibility index (Phi) is 5.67. The van der Waals surface area contributed by atoms with Gasteiger partial charge in [0, 0.05) is 29.6 Å². The van der Waals surface area contributed by atoms with Crippen molar-refractivity contribution in [3.8, 4) is 11.1 Å².